The van der Waals surface area contributed by atoms with Crippen molar-refractivity contribution in [1.29, 1.82) is 0 Å². The third-order valence-corrected chi connectivity index (χ3v) is 7.87. The minimum atomic E-state index is -0.734. The van der Waals surface area contributed by atoms with Gasteiger partial charge in [0.05, 0.1) is 11.5 Å². The Bertz CT molecular complexity index is 1090. The number of fused-ring (bicyclic) bond motifs is 1. The molecule has 1 N–H and O–H groups in total. The Kier molecular flexibility index (Phi) is 6.66. The topological polar surface area (TPSA) is 41.6 Å². The van der Waals surface area contributed by atoms with E-state index in [0.29, 0.717) is 11.8 Å². The number of hydrogen-bond donors (Lipinski definition) is 1. The van der Waals surface area contributed by atoms with Crippen LogP contribution in [-0.4, -0.2) is 42.6 Å². The zero-order valence-corrected chi connectivity index (χ0v) is 21.0. The second-order valence-electron chi connectivity index (χ2n) is 10.4. The van der Waals surface area contributed by atoms with Crippen LogP contribution in [0.1, 0.15) is 49.8 Å². The summed E-state index contributed by atoms with van der Waals surface area (Å²) >= 11 is 0. The highest BCUT2D eigenvalue weighted by Crippen LogP contribution is 2.44. The van der Waals surface area contributed by atoms with Crippen molar-refractivity contribution in [2.45, 2.75) is 50.7 Å². The molecule has 2 saturated heterocycles. The Morgan fingerprint density at radius 3 is 2.11 bits per heavy atom. The van der Waals surface area contributed by atoms with E-state index in [1.54, 1.807) is 0 Å². The van der Waals surface area contributed by atoms with Crippen LogP contribution in [0.3, 0.4) is 0 Å². The Balaban J connectivity index is 1.50. The van der Waals surface area contributed by atoms with Crippen LogP contribution in [0.5, 0.6) is 5.75 Å². The standard InChI is InChI=1S/C31H36N2O2/c1-22(2)35-26-16-14-23(15-17-26)28-21-33(29-18-19-32-20-27(28)29)30(34)31(3,24-10-6-4-7-11-24)25-12-8-5-9-13-25/h4-17,22,27-29,32H,18-21H2,1-3H3/t27-,28-,29-/m1/s1. The van der Waals surface area contributed by atoms with E-state index in [2.05, 4.69) is 65.7 Å². The summed E-state index contributed by atoms with van der Waals surface area (Å²) in [7, 11) is 0. The summed E-state index contributed by atoms with van der Waals surface area (Å²) < 4.78 is 5.86. The van der Waals surface area contributed by atoms with Crippen molar-refractivity contribution in [3.05, 3.63) is 102 Å². The maximum absolute atomic E-state index is 14.6. The monoisotopic (exact) mass is 468 g/mol. The number of piperidine rings is 1. The molecule has 2 heterocycles. The third-order valence-electron chi connectivity index (χ3n) is 7.87. The number of nitrogens with zero attached hydrogens (tertiary/aromatic N) is 1. The van der Waals surface area contributed by atoms with Crippen LogP contribution in [0.15, 0.2) is 84.9 Å². The number of amides is 1. The average molecular weight is 469 g/mol. The van der Waals surface area contributed by atoms with Crippen LogP contribution < -0.4 is 10.1 Å². The maximum atomic E-state index is 14.6. The van der Waals surface area contributed by atoms with E-state index in [0.717, 1.165) is 42.9 Å². The number of hydrogen-bond acceptors (Lipinski definition) is 3. The van der Waals surface area contributed by atoms with Crippen LogP contribution in [0.2, 0.25) is 0 Å². The van der Waals surface area contributed by atoms with Gasteiger partial charge < -0.3 is 15.0 Å². The number of carbonyl (C=O) groups excluding carboxylic acids is 1. The Labute approximate surface area is 209 Å². The maximum Gasteiger partial charge on any atom is 0.237 e. The van der Waals surface area contributed by atoms with Gasteiger partial charge in [-0.3, -0.25) is 4.79 Å². The van der Waals surface area contributed by atoms with E-state index >= 15 is 0 Å². The zero-order chi connectivity index (χ0) is 24.4. The molecule has 2 aliphatic heterocycles. The molecule has 0 spiro atoms. The smallest absolute Gasteiger partial charge is 0.237 e. The van der Waals surface area contributed by atoms with Crippen molar-refractivity contribution in [3.63, 3.8) is 0 Å². The highest BCUT2D eigenvalue weighted by Gasteiger charge is 2.50. The van der Waals surface area contributed by atoms with Gasteiger partial charge in [0.15, 0.2) is 0 Å². The molecule has 0 aromatic heterocycles. The number of likely N-dealkylation sites (tertiary alicyclic amines) is 1. The number of ether oxygens (including phenoxy) is 1. The van der Waals surface area contributed by atoms with Gasteiger partial charge in [-0.2, -0.15) is 0 Å². The van der Waals surface area contributed by atoms with Crippen molar-refractivity contribution in [1.82, 2.24) is 10.2 Å². The predicted molar refractivity (Wildman–Crippen MR) is 141 cm³/mol. The molecule has 4 heteroatoms. The predicted octanol–water partition coefficient (Wildman–Crippen LogP) is 5.38. The van der Waals surface area contributed by atoms with Crippen LogP contribution >= 0.6 is 0 Å². The normalized spacial score (nSPS) is 22.2. The largest absolute Gasteiger partial charge is 0.491 e. The van der Waals surface area contributed by atoms with E-state index in [1.807, 2.05) is 50.2 Å². The van der Waals surface area contributed by atoms with Gasteiger partial charge in [0, 0.05) is 31.0 Å². The number of carbonyl (C=O) groups is 1. The second kappa shape index (κ2) is 9.87. The minimum absolute atomic E-state index is 0.154. The Morgan fingerprint density at radius 1 is 0.943 bits per heavy atom. The Morgan fingerprint density at radius 2 is 1.54 bits per heavy atom. The van der Waals surface area contributed by atoms with Crippen molar-refractivity contribution in [2.24, 2.45) is 5.92 Å². The quantitative estimate of drug-likeness (QED) is 0.528. The first-order chi connectivity index (χ1) is 17.0. The molecule has 4 nitrogen and oxygen atoms in total. The second-order valence-corrected chi connectivity index (χ2v) is 10.4. The zero-order valence-electron chi connectivity index (χ0n) is 21.0. The van der Waals surface area contributed by atoms with E-state index < -0.39 is 5.41 Å². The molecule has 1 amide bonds. The van der Waals surface area contributed by atoms with Gasteiger partial charge in [-0.25, -0.2) is 0 Å². The molecule has 182 valence electrons. The lowest BCUT2D eigenvalue weighted by molar-refractivity contribution is -0.137. The van der Waals surface area contributed by atoms with Crippen LogP contribution in [-0.2, 0) is 10.2 Å². The summed E-state index contributed by atoms with van der Waals surface area (Å²) in [6, 6.07) is 29.3. The number of nitrogens with one attached hydrogen (secondary N) is 1. The van der Waals surface area contributed by atoms with Gasteiger partial charge >= 0.3 is 0 Å². The summed E-state index contributed by atoms with van der Waals surface area (Å²) in [5.41, 5.74) is 2.64. The summed E-state index contributed by atoms with van der Waals surface area (Å²) in [5, 5.41) is 3.59. The summed E-state index contributed by atoms with van der Waals surface area (Å²) in [5.74, 6) is 1.81. The molecule has 2 aliphatic rings. The molecule has 5 rings (SSSR count). The van der Waals surface area contributed by atoms with E-state index in [1.165, 1.54) is 5.56 Å². The fraction of sp³-hybridized carbons (Fsp3) is 0.387. The van der Waals surface area contributed by atoms with Gasteiger partial charge in [0.2, 0.25) is 5.91 Å². The van der Waals surface area contributed by atoms with Gasteiger partial charge in [0.25, 0.3) is 0 Å². The SMILES string of the molecule is CC(C)Oc1ccc([C@H]2CN(C(=O)C(C)(c3ccccc3)c3ccccc3)[C@@H]3CCNC[C@H]23)cc1. The molecular weight excluding hydrogens is 432 g/mol. The first-order valence-corrected chi connectivity index (χ1v) is 12.9. The lowest BCUT2D eigenvalue weighted by Gasteiger charge is -2.39. The van der Waals surface area contributed by atoms with Crippen molar-refractivity contribution < 1.29 is 9.53 Å². The molecule has 0 radical (unpaired) electrons. The average Bonchev–Trinajstić information content (AvgIpc) is 3.28. The van der Waals surface area contributed by atoms with Crippen LogP contribution in [0.4, 0.5) is 0 Å². The highest BCUT2D eigenvalue weighted by atomic mass is 16.5. The van der Waals surface area contributed by atoms with Crippen molar-refractivity contribution >= 4 is 5.91 Å². The lowest BCUT2D eigenvalue weighted by Crippen LogP contribution is -2.51. The summed E-state index contributed by atoms with van der Waals surface area (Å²) in [4.78, 5) is 16.8. The lowest BCUT2D eigenvalue weighted by atomic mass is 9.74. The minimum Gasteiger partial charge on any atom is -0.491 e. The number of benzene rings is 3. The van der Waals surface area contributed by atoms with Crippen LogP contribution in [0, 0.1) is 5.92 Å². The van der Waals surface area contributed by atoms with Crippen molar-refractivity contribution in [3.8, 4) is 5.75 Å². The van der Waals surface area contributed by atoms with Crippen molar-refractivity contribution in [2.75, 3.05) is 19.6 Å². The van der Waals surface area contributed by atoms with Gasteiger partial charge in [-0.15, -0.1) is 0 Å². The molecule has 0 unspecified atom stereocenters. The first kappa shape index (κ1) is 23.6. The third kappa shape index (κ3) is 4.48. The molecule has 0 saturated carbocycles. The molecule has 0 bridgehead atoms. The molecule has 3 aromatic carbocycles. The van der Waals surface area contributed by atoms with Gasteiger partial charge in [0.1, 0.15) is 5.75 Å². The molecule has 3 atom stereocenters. The number of rotatable bonds is 6. The molecule has 2 fully saturated rings. The summed E-state index contributed by atoms with van der Waals surface area (Å²) in [6.45, 7) is 8.83. The van der Waals surface area contributed by atoms with Gasteiger partial charge in [-0.1, -0.05) is 72.8 Å². The highest BCUT2D eigenvalue weighted by molar-refractivity contribution is 5.92. The summed E-state index contributed by atoms with van der Waals surface area (Å²) in [6.07, 6.45) is 1.14. The van der Waals surface area contributed by atoms with E-state index in [4.69, 9.17) is 4.74 Å². The first-order valence-electron chi connectivity index (χ1n) is 12.9. The molecule has 35 heavy (non-hydrogen) atoms. The fourth-order valence-corrected chi connectivity index (χ4v) is 6.04. The van der Waals surface area contributed by atoms with Crippen LogP contribution in [0.25, 0.3) is 0 Å². The van der Waals surface area contributed by atoms with E-state index in [9.17, 15) is 4.79 Å². The molecular formula is C31H36N2O2. The fourth-order valence-electron chi connectivity index (χ4n) is 6.04. The Hall–Kier alpha value is -3.11. The van der Waals surface area contributed by atoms with E-state index in [-0.39, 0.29) is 18.1 Å². The van der Waals surface area contributed by atoms with Gasteiger partial charge in [-0.05, 0) is 62.6 Å². The molecule has 3 aromatic rings. The molecule has 0 aliphatic carbocycles.